The summed E-state index contributed by atoms with van der Waals surface area (Å²) >= 11 is 1.49. The summed E-state index contributed by atoms with van der Waals surface area (Å²) in [6.07, 6.45) is 2.22. The number of likely N-dealkylation sites (tertiary alicyclic amines) is 1. The molecule has 0 radical (unpaired) electrons. The lowest BCUT2D eigenvalue weighted by Crippen LogP contribution is -2.38. The van der Waals surface area contributed by atoms with Gasteiger partial charge in [-0.05, 0) is 25.5 Å². The number of ketones is 1. The monoisotopic (exact) mass is 356 g/mol. The molecule has 0 aromatic heterocycles. The number of nitrogens with one attached hydrogen (secondary N) is 1. The van der Waals surface area contributed by atoms with Crippen molar-refractivity contribution in [1.82, 2.24) is 10.2 Å². The molecule has 1 rings (SSSR count). The molecule has 1 saturated heterocycles. The van der Waals surface area contributed by atoms with Crippen molar-refractivity contribution in [2.75, 3.05) is 18.8 Å². The molecule has 7 heteroatoms. The summed E-state index contributed by atoms with van der Waals surface area (Å²) in [4.78, 5) is 48.1. The van der Waals surface area contributed by atoms with Gasteiger partial charge >= 0.3 is 0 Å². The molecule has 6 nitrogen and oxygen atoms in total. The third kappa shape index (κ3) is 5.92. The maximum absolute atomic E-state index is 12.3. The molecule has 0 aromatic rings. The number of imide groups is 1. The van der Waals surface area contributed by atoms with Crippen LogP contribution in [-0.2, 0) is 19.2 Å². The Bertz CT molecular complexity index is 505. The van der Waals surface area contributed by atoms with Gasteiger partial charge in [-0.1, -0.05) is 20.8 Å². The van der Waals surface area contributed by atoms with Crippen LogP contribution in [0.25, 0.3) is 0 Å². The second-order valence-corrected chi connectivity index (χ2v) is 8.00. The van der Waals surface area contributed by atoms with Crippen molar-refractivity contribution >= 4 is 35.3 Å². The van der Waals surface area contributed by atoms with E-state index in [1.54, 1.807) is 13.8 Å². The smallest absolute Gasteiger partial charge is 0.242 e. The average Bonchev–Trinajstić information content (AvgIpc) is 2.78. The molecule has 0 saturated carbocycles. The van der Waals surface area contributed by atoms with E-state index in [0.717, 1.165) is 18.6 Å². The van der Waals surface area contributed by atoms with Crippen molar-refractivity contribution in [3.8, 4) is 0 Å². The Morgan fingerprint density at radius 2 is 2.00 bits per heavy atom. The van der Waals surface area contributed by atoms with Gasteiger partial charge in [-0.3, -0.25) is 24.1 Å². The molecule has 1 aliphatic rings. The summed E-state index contributed by atoms with van der Waals surface area (Å²) in [5, 5.41) is 2.34. The predicted molar refractivity (Wildman–Crippen MR) is 94.6 cm³/mol. The normalized spacial score (nSPS) is 18.2. The van der Waals surface area contributed by atoms with Gasteiger partial charge in [0.2, 0.25) is 17.7 Å². The molecule has 136 valence electrons. The van der Waals surface area contributed by atoms with Crippen LogP contribution in [0.3, 0.4) is 0 Å². The first-order valence-electron chi connectivity index (χ1n) is 8.42. The van der Waals surface area contributed by atoms with Gasteiger partial charge in [-0.25, -0.2) is 0 Å². The van der Waals surface area contributed by atoms with Gasteiger partial charge in [-0.15, -0.1) is 11.8 Å². The molecule has 1 heterocycles. The zero-order chi connectivity index (χ0) is 18.3. The van der Waals surface area contributed by atoms with Crippen LogP contribution in [0.1, 0.15) is 53.4 Å². The number of amides is 3. The van der Waals surface area contributed by atoms with Crippen LogP contribution in [0.15, 0.2) is 0 Å². The van der Waals surface area contributed by atoms with Crippen LogP contribution >= 0.6 is 11.8 Å². The highest BCUT2D eigenvalue weighted by Crippen LogP contribution is 2.29. The first-order valence-corrected chi connectivity index (χ1v) is 9.47. The lowest BCUT2D eigenvalue weighted by Gasteiger charge is -2.20. The third-order valence-electron chi connectivity index (χ3n) is 4.40. The molecule has 3 amide bonds. The van der Waals surface area contributed by atoms with Gasteiger partial charge in [0.1, 0.15) is 5.78 Å². The largest absolute Gasteiger partial charge is 0.354 e. The standard InChI is InChI=1S/C17H28N2O4S/c1-5-14(21)18-8-9-19-15(22)11-13(16(19)23)24-10-6-7-17(3,4)12(2)20/h13H,5-11H2,1-4H3,(H,18,21). The fourth-order valence-electron chi connectivity index (χ4n) is 2.37. The molecule has 0 spiro atoms. The minimum absolute atomic E-state index is 0.0897. The zero-order valence-electron chi connectivity index (χ0n) is 15.0. The Morgan fingerprint density at radius 3 is 2.58 bits per heavy atom. The average molecular weight is 356 g/mol. The molecule has 1 atom stereocenters. The fraction of sp³-hybridized carbons (Fsp3) is 0.765. The summed E-state index contributed by atoms with van der Waals surface area (Å²) in [7, 11) is 0. The summed E-state index contributed by atoms with van der Waals surface area (Å²) in [5.41, 5.74) is -0.334. The summed E-state index contributed by atoms with van der Waals surface area (Å²) in [5.74, 6) is 0.489. The summed E-state index contributed by atoms with van der Waals surface area (Å²) in [6.45, 7) is 7.74. The molecule has 0 aliphatic carbocycles. The van der Waals surface area contributed by atoms with Crippen LogP contribution in [0.4, 0.5) is 0 Å². The molecule has 1 unspecified atom stereocenters. The molecular formula is C17H28N2O4S. The summed E-state index contributed by atoms with van der Waals surface area (Å²) < 4.78 is 0. The van der Waals surface area contributed by atoms with Crippen molar-refractivity contribution in [1.29, 1.82) is 0 Å². The first-order chi connectivity index (χ1) is 11.2. The molecule has 24 heavy (non-hydrogen) atoms. The third-order valence-corrected chi connectivity index (χ3v) is 5.69. The van der Waals surface area contributed by atoms with Crippen LogP contribution in [0, 0.1) is 5.41 Å². The van der Waals surface area contributed by atoms with Crippen molar-refractivity contribution < 1.29 is 19.2 Å². The van der Waals surface area contributed by atoms with Gasteiger partial charge in [-0.2, -0.15) is 0 Å². The number of carbonyl (C=O) groups is 4. The van der Waals surface area contributed by atoms with Gasteiger partial charge in [0.05, 0.1) is 5.25 Å². The van der Waals surface area contributed by atoms with Crippen molar-refractivity contribution in [3.05, 3.63) is 0 Å². The minimum atomic E-state index is -0.334. The highest BCUT2D eigenvalue weighted by Gasteiger charge is 2.38. The molecule has 1 N–H and O–H groups in total. The lowest BCUT2D eigenvalue weighted by atomic mass is 9.84. The number of rotatable bonds is 10. The van der Waals surface area contributed by atoms with E-state index in [0.29, 0.717) is 13.0 Å². The number of hydrogen-bond donors (Lipinski definition) is 1. The number of hydrogen-bond acceptors (Lipinski definition) is 5. The number of carbonyl (C=O) groups excluding carboxylic acids is 4. The van der Waals surface area contributed by atoms with E-state index in [1.807, 2.05) is 13.8 Å². The van der Waals surface area contributed by atoms with E-state index in [1.165, 1.54) is 16.7 Å². The SMILES string of the molecule is CCC(=O)NCCN1C(=O)CC(SCCCC(C)(C)C(C)=O)C1=O. The van der Waals surface area contributed by atoms with E-state index < -0.39 is 0 Å². The lowest BCUT2D eigenvalue weighted by molar-refractivity contribution is -0.138. The Hall–Kier alpha value is -1.37. The number of Topliss-reactive ketones (excluding diaryl/α,β-unsaturated/α-hetero) is 1. The Balaban J connectivity index is 2.35. The van der Waals surface area contributed by atoms with Crippen LogP contribution in [0.2, 0.25) is 0 Å². The predicted octanol–water partition coefficient (Wildman–Crippen LogP) is 1.77. The Morgan fingerprint density at radius 1 is 1.33 bits per heavy atom. The number of thioether (sulfide) groups is 1. The van der Waals surface area contributed by atoms with Gasteiger partial charge in [0.25, 0.3) is 0 Å². The minimum Gasteiger partial charge on any atom is -0.354 e. The highest BCUT2D eigenvalue weighted by molar-refractivity contribution is 8.00. The number of nitrogens with zero attached hydrogens (tertiary/aromatic N) is 1. The van der Waals surface area contributed by atoms with E-state index in [9.17, 15) is 19.2 Å². The van der Waals surface area contributed by atoms with E-state index in [4.69, 9.17) is 0 Å². The van der Waals surface area contributed by atoms with E-state index in [2.05, 4.69) is 5.32 Å². The molecular weight excluding hydrogens is 328 g/mol. The van der Waals surface area contributed by atoms with E-state index >= 15 is 0 Å². The Labute approximate surface area is 148 Å². The maximum Gasteiger partial charge on any atom is 0.242 e. The van der Waals surface area contributed by atoms with Gasteiger partial charge in [0, 0.05) is 31.3 Å². The molecule has 0 bridgehead atoms. The van der Waals surface area contributed by atoms with Gasteiger partial charge in [0.15, 0.2) is 0 Å². The molecule has 1 fully saturated rings. The van der Waals surface area contributed by atoms with Crippen molar-refractivity contribution in [3.63, 3.8) is 0 Å². The van der Waals surface area contributed by atoms with Crippen LogP contribution in [0.5, 0.6) is 0 Å². The van der Waals surface area contributed by atoms with E-state index in [-0.39, 0.29) is 47.1 Å². The summed E-state index contributed by atoms with van der Waals surface area (Å²) in [6, 6.07) is 0. The van der Waals surface area contributed by atoms with Crippen molar-refractivity contribution in [2.24, 2.45) is 5.41 Å². The second-order valence-electron chi connectivity index (χ2n) is 6.69. The quantitative estimate of drug-likeness (QED) is 0.476. The van der Waals surface area contributed by atoms with Crippen LogP contribution < -0.4 is 5.32 Å². The first kappa shape index (κ1) is 20.7. The highest BCUT2D eigenvalue weighted by atomic mass is 32.2. The Kier molecular flexibility index (Phi) is 7.93. The maximum atomic E-state index is 12.3. The molecule has 0 aromatic carbocycles. The fourth-order valence-corrected chi connectivity index (χ4v) is 3.49. The zero-order valence-corrected chi connectivity index (χ0v) is 15.8. The second kappa shape index (κ2) is 9.20. The van der Waals surface area contributed by atoms with Gasteiger partial charge < -0.3 is 5.32 Å². The topological polar surface area (TPSA) is 83.6 Å². The molecule has 1 aliphatic heterocycles. The van der Waals surface area contributed by atoms with Crippen LogP contribution in [-0.4, -0.2) is 52.5 Å². The van der Waals surface area contributed by atoms with Crippen molar-refractivity contribution in [2.45, 2.75) is 58.6 Å².